The zero-order valence-corrected chi connectivity index (χ0v) is 12.5. The second-order valence-electron chi connectivity index (χ2n) is 5.17. The van der Waals surface area contributed by atoms with Gasteiger partial charge in [0.15, 0.2) is 0 Å². The average Bonchev–Trinajstić information content (AvgIpc) is 2.47. The van der Waals surface area contributed by atoms with Crippen molar-refractivity contribution in [3.63, 3.8) is 0 Å². The van der Waals surface area contributed by atoms with Crippen LogP contribution in [0.2, 0.25) is 0 Å². The highest BCUT2D eigenvalue weighted by molar-refractivity contribution is 5.94. The first-order chi connectivity index (χ1) is 10.1. The molecule has 0 fully saturated rings. The van der Waals surface area contributed by atoms with Crippen molar-refractivity contribution in [2.24, 2.45) is 0 Å². The third-order valence-corrected chi connectivity index (χ3v) is 3.02. The number of amides is 1. The van der Waals surface area contributed by atoms with Crippen LogP contribution < -0.4 is 10.1 Å². The van der Waals surface area contributed by atoms with Gasteiger partial charge in [-0.25, -0.2) is 0 Å². The number of hydrogen-bond acceptors (Lipinski definition) is 3. The van der Waals surface area contributed by atoms with Gasteiger partial charge in [0.25, 0.3) is 5.91 Å². The summed E-state index contributed by atoms with van der Waals surface area (Å²) in [5, 5.41) is 2.97. The van der Waals surface area contributed by atoms with Crippen molar-refractivity contribution in [1.82, 2.24) is 10.3 Å². The Morgan fingerprint density at radius 1 is 1.14 bits per heavy atom. The van der Waals surface area contributed by atoms with E-state index >= 15 is 0 Å². The lowest BCUT2D eigenvalue weighted by atomic mass is 10.1. The molecule has 4 nitrogen and oxygen atoms in total. The Morgan fingerprint density at radius 2 is 1.86 bits per heavy atom. The standard InChI is InChI=1S/C17H20N2O2/c1-12(2)21-16-6-4-5-15(11-16)17(20)19-13(3)14-7-9-18-10-8-14/h4-13H,1-3H3,(H,19,20). The first-order valence-electron chi connectivity index (χ1n) is 7.04. The number of pyridine rings is 1. The van der Waals surface area contributed by atoms with Crippen molar-refractivity contribution in [2.45, 2.75) is 32.9 Å². The van der Waals surface area contributed by atoms with Crippen molar-refractivity contribution in [3.05, 3.63) is 59.9 Å². The quantitative estimate of drug-likeness (QED) is 0.916. The monoisotopic (exact) mass is 284 g/mol. The largest absolute Gasteiger partial charge is 0.491 e. The van der Waals surface area contributed by atoms with Crippen LogP contribution in [0.1, 0.15) is 42.7 Å². The number of carbonyl (C=O) groups excluding carboxylic acids is 1. The summed E-state index contributed by atoms with van der Waals surface area (Å²) in [5.74, 6) is 0.586. The minimum absolute atomic E-state index is 0.0739. The summed E-state index contributed by atoms with van der Waals surface area (Å²) in [6.07, 6.45) is 3.52. The van der Waals surface area contributed by atoms with Crippen molar-refractivity contribution < 1.29 is 9.53 Å². The van der Waals surface area contributed by atoms with Crippen molar-refractivity contribution in [1.29, 1.82) is 0 Å². The van der Waals surface area contributed by atoms with Gasteiger partial charge in [0.05, 0.1) is 12.1 Å². The van der Waals surface area contributed by atoms with Gasteiger partial charge in [-0.15, -0.1) is 0 Å². The van der Waals surface area contributed by atoms with Gasteiger partial charge >= 0.3 is 0 Å². The molecule has 1 atom stereocenters. The number of benzene rings is 1. The van der Waals surface area contributed by atoms with E-state index in [0.717, 1.165) is 5.56 Å². The molecule has 0 aliphatic rings. The maximum absolute atomic E-state index is 12.3. The van der Waals surface area contributed by atoms with Gasteiger partial charge in [0, 0.05) is 18.0 Å². The van der Waals surface area contributed by atoms with E-state index < -0.39 is 0 Å². The smallest absolute Gasteiger partial charge is 0.251 e. The third-order valence-electron chi connectivity index (χ3n) is 3.02. The number of hydrogen-bond donors (Lipinski definition) is 1. The molecule has 1 amide bonds. The zero-order chi connectivity index (χ0) is 15.2. The molecule has 0 aliphatic heterocycles. The maximum Gasteiger partial charge on any atom is 0.251 e. The van der Waals surface area contributed by atoms with E-state index in [1.54, 1.807) is 24.5 Å². The molecule has 1 aromatic carbocycles. The van der Waals surface area contributed by atoms with Crippen LogP contribution in [-0.4, -0.2) is 17.0 Å². The number of carbonyl (C=O) groups is 1. The topological polar surface area (TPSA) is 51.2 Å². The molecule has 1 N–H and O–H groups in total. The summed E-state index contributed by atoms with van der Waals surface area (Å²) in [7, 11) is 0. The molecule has 1 aromatic heterocycles. The second kappa shape index (κ2) is 6.88. The normalized spacial score (nSPS) is 12.0. The summed E-state index contributed by atoms with van der Waals surface area (Å²) < 4.78 is 5.61. The van der Waals surface area contributed by atoms with Crippen LogP contribution >= 0.6 is 0 Å². The lowest BCUT2D eigenvalue weighted by Gasteiger charge is -2.15. The molecule has 0 bridgehead atoms. The van der Waals surface area contributed by atoms with Gasteiger partial charge in [0.2, 0.25) is 0 Å². The Balaban J connectivity index is 2.06. The Morgan fingerprint density at radius 3 is 2.52 bits per heavy atom. The molecule has 1 unspecified atom stereocenters. The fourth-order valence-corrected chi connectivity index (χ4v) is 2.00. The lowest BCUT2D eigenvalue weighted by Crippen LogP contribution is -2.26. The summed E-state index contributed by atoms with van der Waals surface area (Å²) >= 11 is 0. The summed E-state index contributed by atoms with van der Waals surface area (Å²) in [5.41, 5.74) is 1.61. The van der Waals surface area contributed by atoms with E-state index in [0.29, 0.717) is 11.3 Å². The third kappa shape index (κ3) is 4.31. The van der Waals surface area contributed by atoms with E-state index in [4.69, 9.17) is 4.74 Å². The van der Waals surface area contributed by atoms with Gasteiger partial charge in [0.1, 0.15) is 5.75 Å². The second-order valence-corrected chi connectivity index (χ2v) is 5.17. The Labute approximate surface area is 125 Å². The van der Waals surface area contributed by atoms with E-state index in [2.05, 4.69) is 10.3 Å². The molecule has 0 saturated carbocycles. The maximum atomic E-state index is 12.3. The number of ether oxygens (including phenoxy) is 1. The van der Waals surface area contributed by atoms with Crippen LogP contribution in [0.25, 0.3) is 0 Å². The Bertz CT molecular complexity index is 597. The molecule has 1 heterocycles. The summed E-state index contributed by atoms with van der Waals surface area (Å²) in [4.78, 5) is 16.3. The SMILES string of the molecule is CC(C)Oc1cccc(C(=O)NC(C)c2ccncc2)c1. The Kier molecular flexibility index (Phi) is 4.93. The van der Waals surface area contributed by atoms with Gasteiger partial charge in [-0.1, -0.05) is 6.07 Å². The van der Waals surface area contributed by atoms with Crippen molar-refractivity contribution >= 4 is 5.91 Å². The molecule has 110 valence electrons. The highest BCUT2D eigenvalue weighted by atomic mass is 16.5. The number of nitrogens with zero attached hydrogens (tertiary/aromatic N) is 1. The minimum Gasteiger partial charge on any atom is -0.491 e. The zero-order valence-electron chi connectivity index (χ0n) is 12.5. The molecule has 0 radical (unpaired) electrons. The van der Waals surface area contributed by atoms with Gasteiger partial charge < -0.3 is 10.1 Å². The molecule has 21 heavy (non-hydrogen) atoms. The fraction of sp³-hybridized carbons (Fsp3) is 0.294. The number of aromatic nitrogens is 1. The fourth-order valence-electron chi connectivity index (χ4n) is 2.00. The van der Waals surface area contributed by atoms with Crippen molar-refractivity contribution in [3.8, 4) is 5.75 Å². The lowest BCUT2D eigenvalue weighted by molar-refractivity contribution is 0.0939. The predicted molar refractivity (Wildman–Crippen MR) is 82.3 cm³/mol. The summed E-state index contributed by atoms with van der Waals surface area (Å²) in [6.45, 7) is 5.86. The van der Waals surface area contributed by atoms with Gasteiger partial charge in [-0.3, -0.25) is 9.78 Å². The van der Waals surface area contributed by atoms with E-state index in [9.17, 15) is 4.79 Å². The first-order valence-corrected chi connectivity index (χ1v) is 7.04. The molecular weight excluding hydrogens is 264 g/mol. The van der Waals surface area contributed by atoms with Crippen LogP contribution in [0.5, 0.6) is 5.75 Å². The average molecular weight is 284 g/mol. The van der Waals surface area contributed by atoms with Crippen LogP contribution in [0.3, 0.4) is 0 Å². The first kappa shape index (κ1) is 15.0. The highest BCUT2D eigenvalue weighted by Gasteiger charge is 2.12. The van der Waals surface area contributed by atoms with Gasteiger partial charge in [-0.2, -0.15) is 0 Å². The van der Waals surface area contributed by atoms with E-state index in [1.807, 2.05) is 45.0 Å². The molecule has 0 saturated heterocycles. The van der Waals surface area contributed by atoms with E-state index in [-0.39, 0.29) is 18.1 Å². The van der Waals surface area contributed by atoms with Crippen LogP contribution in [0.15, 0.2) is 48.8 Å². The molecule has 0 aliphatic carbocycles. The number of nitrogens with one attached hydrogen (secondary N) is 1. The molecule has 2 aromatic rings. The predicted octanol–water partition coefficient (Wildman–Crippen LogP) is 3.36. The van der Waals surface area contributed by atoms with Crippen LogP contribution in [-0.2, 0) is 0 Å². The molecular formula is C17H20N2O2. The van der Waals surface area contributed by atoms with Gasteiger partial charge in [-0.05, 0) is 56.7 Å². The van der Waals surface area contributed by atoms with Crippen molar-refractivity contribution in [2.75, 3.05) is 0 Å². The highest BCUT2D eigenvalue weighted by Crippen LogP contribution is 2.16. The van der Waals surface area contributed by atoms with E-state index in [1.165, 1.54) is 0 Å². The molecule has 4 heteroatoms. The Hall–Kier alpha value is -2.36. The minimum atomic E-state index is -0.117. The molecule has 2 rings (SSSR count). The van der Waals surface area contributed by atoms with Crippen LogP contribution in [0, 0.1) is 0 Å². The van der Waals surface area contributed by atoms with Crippen LogP contribution in [0.4, 0.5) is 0 Å². The molecule has 0 spiro atoms. The number of rotatable bonds is 5. The summed E-state index contributed by atoms with van der Waals surface area (Å²) in [6, 6.07) is 10.9.